The van der Waals surface area contributed by atoms with Gasteiger partial charge in [-0.3, -0.25) is 0 Å². The van der Waals surface area contributed by atoms with E-state index in [9.17, 15) is 0 Å². The number of hydrogen-bond donors (Lipinski definition) is 1. The highest BCUT2D eigenvalue weighted by molar-refractivity contribution is 5.60. The summed E-state index contributed by atoms with van der Waals surface area (Å²) in [6, 6.07) is 6.80. The third-order valence-corrected chi connectivity index (χ3v) is 3.09. The monoisotopic (exact) mass is 220 g/mol. The summed E-state index contributed by atoms with van der Waals surface area (Å²) in [5, 5.41) is 3.44. The van der Waals surface area contributed by atoms with E-state index in [1.54, 1.807) is 7.11 Å². The van der Waals surface area contributed by atoms with Gasteiger partial charge < -0.3 is 15.0 Å². The van der Waals surface area contributed by atoms with Crippen molar-refractivity contribution in [2.24, 2.45) is 0 Å². The average molecular weight is 220 g/mol. The number of nitrogens with one attached hydrogen (secondary N) is 1. The number of anilines is 1. The van der Waals surface area contributed by atoms with E-state index in [1.807, 2.05) is 6.07 Å². The topological polar surface area (TPSA) is 24.5 Å². The van der Waals surface area contributed by atoms with Crippen LogP contribution in [0.15, 0.2) is 18.2 Å². The SMILES string of the molecule is COc1cccc2c1CNCCN2C(C)C. The molecule has 1 aromatic rings. The lowest BCUT2D eigenvalue weighted by Crippen LogP contribution is -2.34. The second kappa shape index (κ2) is 4.74. The Morgan fingerprint density at radius 1 is 1.38 bits per heavy atom. The number of rotatable bonds is 2. The van der Waals surface area contributed by atoms with Crippen molar-refractivity contribution in [3.63, 3.8) is 0 Å². The van der Waals surface area contributed by atoms with Gasteiger partial charge in [-0.2, -0.15) is 0 Å². The van der Waals surface area contributed by atoms with Gasteiger partial charge in [0.05, 0.1) is 7.11 Å². The number of benzene rings is 1. The third kappa shape index (κ3) is 2.00. The molecule has 3 heteroatoms. The van der Waals surface area contributed by atoms with Crippen LogP contribution >= 0.6 is 0 Å². The van der Waals surface area contributed by atoms with Gasteiger partial charge >= 0.3 is 0 Å². The molecule has 1 heterocycles. The molecule has 0 atom stereocenters. The lowest BCUT2D eigenvalue weighted by atomic mass is 10.1. The summed E-state index contributed by atoms with van der Waals surface area (Å²) >= 11 is 0. The predicted octanol–water partition coefficient (Wildman–Crippen LogP) is 2.01. The zero-order chi connectivity index (χ0) is 11.5. The number of ether oxygens (including phenoxy) is 1. The fourth-order valence-electron chi connectivity index (χ4n) is 2.26. The Labute approximate surface area is 97.4 Å². The smallest absolute Gasteiger partial charge is 0.125 e. The van der Waals surface area contributed by atoms with Gasteiger partial charge in [0.1, 0.15) is 5.75 Å². The van der Waals surface area contributed by atoms with Crippen molar-refractivity contribution < 1.29 is 4.74 Å². The molecule has 1 aromatic carbocycles. The fourth-order valence-corrected chi connectivity index (χ4v) is 2.26. The highest BCUT2D eigenvalue weighted by atomic mass is 16.5. The summed E-state index contributed by atoms with van der Waals surface area (Å²) in [6.45, 7) is 7.43. The molecule has 0 unspecified atom stereocenters. The molecule has 1 N–H and O–H groups in total. The molecule has 0 aliphatic carbocycles. The molecule has 16 heavy (non-hydrogen) atoms. The Hall–Kier alpha value is -1.22. The Bertz CT molecular complexity index is 363. The standard InChI is InChI=1S/C13H20N2O/c1-10(2)15-8-7-14-9-11-12(15)5-4-6-13(11)16-3/h4-6,10,14H,7-9H2,1-3H3. The van der Waals surface area contributed by atoms with Crippen LogP contribution in [0.25, 0.3) is 0 Å². The lowest BCUT2D eigenvalue weighted by molar-refractivity contribution is 0.408. The highest BCUT2D eigenvalue weighted by Gasteiger charge is 2.19. The van der Waals surface area contributed by atoms with Crippen LogP contribution in [0.2, 0.25) is 0 Å². The maximum absolute atomic E-state index is 5.43. The van der Waals surface area contributed by atoms with Crippen molar-refractivity contribution in [1.29, 1.82) is 0 Å². The van der Waals surface area contributed by atoms with Gasteiger partial charge in [0.2, 0.25) is 0 Å². The molecule has 2 rings (SSSR count). The van der Waals surface area contributed by atoms with Crippen molar-refractivity contribution in [3.05, 3.63) is 23.8 Å². The maximum atomic E-state index is 5.43. The highest BCUT2D eigenvalue weighted by Crippen LogP contribution is 2.31. The van der Waals surface area contributed by atoms with Gasteiger partial charge in [-0.15, -0.1) is 0 Å². The number of methoxy groups -OCH3 is 1. The first-order valence-corrected chi connectivity index (χ1v) is 5.87. The van der Waals surface area contributed by atoms with Gasteiger partial charge in [-0.25, -0.2) is 0 Å². The Morgan fingerprint density at radius 2 is 2.19 bits per heavy atom. The number of fused-ring (bicyclic) bond motifs is 1. The minimum Gasteiger partial charge on any atom is -0.496 e. The molecular weight excluding hydrogens is 200 g/mol. The number of hydrogen-bond acceptors (Lipinski definition) is 3. The normalized spacial score (nSPS) is 15.9. The molecule has 1 aliphatic rings. The van der Waals surface area contributed by atoms with Crippen LogP contribution in [-0.4, -0.2) is 26.2 Å². The largest absolute Gasteiger partial charge is 0.496 e. The van der Waals surface area contributed by atoms with E-state index < -0.39 is 0 Å². The van der Waals surface area contributed by atoms with Crippen molar-refractivity contribution in [2.45, 2.75) is 26.4 Å². The lowest BCUT2D eigenvalue weighted by Gasteiger charge is -2.29. The van der Waals surface area contributed by atoms with E-state index >= 15 is 0 Å². The first-order chi connectivity index (χ1) is 7.74. The van der Waals surface area contributed by atoms with Crippen LogP contribution in [0.3, 0.4) is 0 Å². The predicted molar refractivity (Wildman–Crippen MR) is 67.2 cm³/mol. The average Bonchev–Trinajstić information content (AvgIpc) is 2.50. The zero-order valence-corrected chi connectivity index (χ0v) is 10.3. The Balaban J connectivity index is 2.45. The molecule has 0 saturated carbocycles. The zero-order valence-electron chi connectivity index (χ0n) is 10.3. The van der Waals surface area contributed by atoms with Crippen LogP contribution in [0.5, 0.6) is 5.75 Å². The Kier molecular flexibility index (Phi) is 3.34. The van der Waals surface area contributed by atoms with Gasteiger partial charge in [0.25, 0.3) is 0 Å². The quantitative estimate of drug-likeness (QED) is 0.825. The Morgan fingerprint density at radius 3 is 2.88 bits per heavy atom. The minimum atomic E-state index is 0.519. The molecule has 0 spiro atoms. The summed E-state index contributed by atoms with van der Waals surface area (Å²) in [7, 11) is 1.74. The first-order valence-electron chi connectivity index (χ1n) is 5.87. The molecule has 0 radical (unpaired) electrons. The van der Waals surface area contributed by atoms with Crippen LogP contribution in [0.1, 0.15) is 19.4 Å². The minimum absolute atomic E-state index is 0.519. The van der Waals surface area contributed by atoms with Crippen molar-refractivity contribution in [2.75, 3.05) is 25.1 Å². The van der Waals surface area contributed by atoms with Crippen LogP contribution in [-0.2, 0) is 6.54 Å². The summed E-state index contributed by atoms with van der Waals surface area (Å²) in [5.74, 6) is 0.984. The summed E-state index contributed by atoms with van der Waals surface area (Å²) in [6.07, 6.45) is 0. The van der Waals surface area contributed by atoms with Gasteiger partial charge in [-0.1, -0.05) is 6.07 Å². The number of nitrogens with zero attached hydrogens (tertiary/aromatic N) is 1. The maximum Gasteiger partial charge on any atom is 0.125 e. The van der Waals surface area contributed by atoms with E-state index in [2.05, 4.69) is 36.2 Å². The van der Waals surface area contributed by atoms with Crippen LogP contribution in [0, 0.1) is 0 Å². The molecular formula is C13H20N2O. The fraction of sp³-hybridized carbons (Fsp3) is 0.538. The summed E-state index contributed by atoms with van der Waals surface area (Å²) < 4.78 is 5.43. The van der Waals surface area contributed by atoms with E-state index in [4.69, 9.17) is 4.74 Å². The van der Waals surface area contributed by atoms with E-state index in [0.29, 0.717) is 6.04 Å². The van der Waals surface area contributed by atoms with Crippen LogP contribution < -0.4 is 15.0 Å². The van der Waals surface area contributed by atoms with E-state index in [-0.39, 0.29) is 0 Å². The van der Waals surface area contributed by atoms with Gasteiger partial charge in [-0.05, 0) is 26.0 Å². The second-order valence-electron chi connectivity index (χ2n) is 4.42. The van der Waals surface area contributed by atoms with Crippen LogP contribution in [0.4, 0.5) is 5.69 Å². The molecule has 88 valence electrons. The van der Waals surface area contributed by atoms with E-state index in [0.717, 1.165) is 25.4 Å². The molecule has 0 bridgehead atoms. The molecule has 0 amide bonds. The third-order valence-electron chi connectivity index (χ3n) is 3.09. The van der Waals surface area contributed by atoms with Gasteiger partial charge in [0, 0.05) is 36.9 Å². The summed E-state index contributed by atoms with van der Waals surface area (Å²) in [4.78, 5) is 2.43. The molecule has 0 aromatic heterocycles. The van der Waals surface area contributed by atoms with Crippen molar-refractivity contribution in [3.8, 4) is 5.75 Å². The molecule has 0 saturated heterocycles. The van der Waals surface area contributed by atoms with Crippen molar-refractivity contribution >= 4 is 5.69 Å². The molecule has 0 fully saturated rings. The summed E-state index contributed by atoms with van der Waals surface area (Å²) in [5.41, 5.74) is 2.58. The second-order valence-corrected chi connectivity index (χ2v) is 4.42. The van der Waals surface area contributed by atoms with E-state index in [1.165, 1.54) is 11.3 Å². The first kappa shape index (κ1) is 11.3. The molecule has 1 aliphatic heterocycles. The molecule has 3 nitrogen and oxygen atoms in total. The van der Waals surface area contributed by atoms with Gasteiger partial charge in [0.15, 0.2) is 0 Å². The van der Waals surface area contributed by atoms with Crippen molar-refractivity contribution in [1.82, 2.24) is 5.32 Å².